The van der Waals surface area contributed by atoms with E-state index in [0.717, 1.165) is 27.1 Å². The van der Waals surface area contributed by atoms with Crippen molar-refractivity contribution in [2.75, 3.05) is 30.9 Å². The third-order valence-electron chi connectivity index (χ3n) is 6.34. The highest BCUT2D eigenvalue weighted by molar-refractivity contribution is 7.99. The van der Waals surface area contributed by atoms with Crippen molar-refractivity contribution in [3.63, 3.8) is 0 Å². The lowest BCUT2D eigenvalue weighted by molar-refractivity contribution is -0.124. The van der Waals surface area contributed by atoms with E-state index in [1.165, 1.54) is 23.7 Å². The van der Waals surface area contributed by atoms with Crippen molar-refractivity contribution >= 4 is 35.4 Å². The van der Waals surface area contributed by atoms with Crippen LogP contribution in [-0.2, 0) is 14.3 Å². The zero-order valence-corrected chi connectivity index (χ0v) is 20.0. The van der Waals surface area contributed by atoms with Crippen LogP contribution < -0.4 is 15.5 Å². The van der Waals surface area contributed by atoms with E-state index in [9.17, 15) is 14.4 Å². The lowest BCUT2D eigenvalue weighted by Gasteiger charge is -2.25. The van der Waals surface area contributed by atoms with Crippen LogP contribution in [0.25, 0.3) is 11.1 Å². The van der Waals surface area contributed by atoms with Gasteiger partial charge in [-0.3, -0.25) is 9.59 Å². The van der Waals surface area contributed by atoms with Crippen LogP contribution in [0.1, 0.15) is 17.0 Å². The summed E-state index contributed by atoms with van der Waals surface area (Å²) in [4.78, 5) is 40.6. The molecule has 0 aromatic heterocycles. The first-order chi connectivity index (χ1) is 17.1. The van der Waals surface area contributed by atoms with Gasteiger partial charge in [-0.1, -0.05) is 60.7 Å². The summed E-state index contributed by atoms with van der Waals surface area (Å²) < 4.78 is 5.64. The molecule has 0 saturated carbocycles. The number of nitrogens with one attached hydrogen (secondary N) is 2. The van der Waals surface area contributed by atoms with Gasteiger partial charge in [0.05, 0.1) is 5.69 Å². The van der Waals surface area contributed by atoms with Crippen LogP contribution >= 0.6 is 11.8 Å². The van der Waals surface area contributed by atoms with Crippen LogP contribution in [0, 0.1) is 0 Å². The maximum absolute atomic E-state index is 13.3. The Morgan fingerprint density at radius 1 is 0.971 bits per heavy atom. The van der Waals surface area contributed by atoms with Crippen LogP contribution in [0.5, 0.6) is 0 Å². The molecule has 1 atom stereocenters. The molecule has 178 valence electrons. The number of anilines is 1. The number of fused-ring (bicyclic) bond motifs is 4. The maximum atomic E-state index is 13.3. The van der Waals surface area contributed by atoms with Crippen molar-refractivity contribution < 1.29 is 19.1 Å². The average Bonchev–Trinajstić information content (AvgIpc) is 3.15. The third kappa shape index (κ3) is 4.49. The predicted molar refractivity (Wildman–Crippen MR) is 136 cm³/mol. The zero-order chi connectivity index (χ0) is 24.4. The highest BCUT2D eigenvalue weighted by Crippen LogP contribution is 2.44. The van der Waals surface area contributed by atoms with Gasteiger partial charge in [-0.25, -0.2) is 4.79 Å². The topological polar surface area (TPSA) is 87.7 Å². The minimum Gasteiger partial charge on any atom is -0.449 e. The molecule has 0 radical (unpaired) electrons. The molecule has 5 rings (SSSR count). The first kappa shape index (κ1) is 23.0. The summed E-state index contributed by atoms with van der Waals surface area (Å²) in [6.07, 6.45) is -0.656. The maximum Gasteiger partial charge on any atom is 0.407 e. The van der Waals surface area contributed by atoms with E-state index >= 15 is 0 Å². The summed E-state index contributed by atoms with van der Waals surface area (Å²) in [7, 11) is 1.53. The van der Waals surface area contributed by atoms with E-state index in [-0.39, 0.29) is 30.9 Å². The van der Waals surface area contributed by atoms with Crippen LogP contribution in [0.15, 0.2) is 77.7 Å². The van der Waals surface area contributed by atoms with Gasteiger partial charge in [0.25, 0.3) is 5.91 Å². The van der Waals surface area contributed by atoms with Crippen molar-refractivity contribution in [1.82, 2.24) is 10.6 Å². The monoisotopic (exact) mass is 487 g/mol. The second-order valence-electron chi connectivity index (χ2n) is 8.40. The molecular weight excluding hydrogens is 462 g/mol. The lowest BCUT2D eigenvalue weighted by Crippen LogP contribution is -2.51. The summed E-state index contributed by atoms with van der Waals surface area (Å²) in [6.45, 7) is 0.0336. The first-order valence-corrected chi connectivity index (χ1v) is 12.4. The quantitative estimate of drug-likeness (QED) is 0.572. The van der Waals surface area contributed by atoms with Crippen LogP contribution in [0.4, 0.5) is 10.5 Å². The number of nitrogens with zero attached hydrogens (tertiary/aromatic N) is 1. The van der Waals surface area contributed by atoms with Crippen molar-refractivity contribution in [3.05, 3.63) is 83.9 Å². The third-order valence-corrected chi connectivity index (χ3v) is 7.50. The average molecular weight is 488 g/mol. The summed E-state index contributed by atoms with van der Waals surface area (Å²) in [6, 6.07) is 22.8. The number of carbonyl (C=O) groups is 3. The Hall–Kier alpha value is -3.78. The number of hydrogen-bond donors (Lipinski definition) is 2. The fraction of sp³-hybridized carbons (Fsp3) is 0.222. The Balaban J connectivity index is 1.30. The lowest BCUT2D eigenvalue weighted by atomic mass is 9.98. The molecule has 1 aliphatic carbocycles. The van der Waals surface area contributed by atoms with Gasteiger partial charge in [0.2, 0.25) is 5.91 Å². The molecule has 8 heteroatoms. The Labute approximate surface area is 207 Å². The number of benzene rings is 3. The van der Waals surface area contributed by atoms with Crippen molar-refractivity contribution in [3.8, 4) is 11.1 Å². The molecule has 1 heterocycles. The molecule has 3 amide bonds. The minimum atomic E-state index is -0.826. The molecule has 7 nitrogen and oxygen atoms in total. The van der Waals surface area contributed by atoms with Crippen LogP contribution in [0.2, 0.25) is 0 Å². The van der Waals surface area contributed by atoms with Gasteiger partial charge in [0, 0.05) is 23.6 Å². The second-order valence-corrected chi connectivity index (χ2v) is 9.46. The molecule has 0 fully saturated rings. The Bertz CT molecular complexity index is 1250. The number of thioether (sulfide) groups is 1. The summed E-state index contributed by atoms with van der Waals surface area (Å²) in [5, 5.41) is 5.29. The van der Waals surface area contributed by atoms with E-state index in [4.69, 9.17) is 4.74 Å². The molecule has 3 aromatic rings. The van der Waals surface area contributed by atoms with Crippen molar-refractivity contribution in [2.45, 2.75) is 16.9 Å². The number of carbonyl (C=O) groups excluding carboxylic acids is 3. The fourth-order valence-corrected chi connectivity index (χ4v) is 5.70. The highest BCUT2D eigenvalue weighted by Gasteiger charge is 2.34. The van der Waals surface area contributed by atoms with Crippen molar-refractivity contribution in [2.24, 2.45) is 0 Å². The minimum absolute atomic E-state index is 0.0682. The van der Waals surface area contributed by atoms with Crippen LogP contribution in [0.3, 0.4) is 0 Å². The molecule has 2 aliphatic rings. The van der Waals surface area contributed by atoms with Gasteiger partial charge in [0.15, 0.2) is 0 Å². The standard InChI is InChI=1S/C27H25N3O4S/c1-28-25(31)14-30-23-12-6-7-13-24(23)35-16-22(26(30)32)29-27(33)34-15-21-19-10-4-2-8-17(19)18-9-3-5-11-20(18)21/h2-13,21-22H,14-16H2,1H3,(H,28,31)(H,29,33)/t22-/m1/s1. The van der Waals surface area contributed by atoms with Gasteiger partial charge in [-0.05, 0) is 34.4 Å². The normalized spacial score (nSPS) is 16.5. The number of para-hydroxylation sites is 1. The van der Waals surface area contributed by atoms with Gasteiger partial charge in [-0.15, -0.1) is 11.8 Å². The Morgan fingerprint density at radius 2 is 1.60 bits per heavy atom. The molecule has 0 bridgehead atoms. The van der Waals surface area contributed by atoms with Gasteiger partial charge in [0.1, 0.15) is 19.2 Å². The summed E-state index contributed by atoms with van der Waals surface area (Å²) in [5.74, 6) is -0.370. The molecular formula is C27H25N3O4S. The Morgan fingerprint density at radius 3 is 2.29 bits per heavy atom. The number of amides is 3. The van der Waals surface area contributed by atoms with Crippen molar-refractivity contribution in [1.29, 1.82) is 0 Å². The molecule has 1 aliphatic heterocycles. The summed E-state index contributed by atoms with van der Waals surface area (Å²) in [5.41, 5.74) is 5.19. The van der Waals surface area contributed by atoms with E-state index < -0.39 is 12.1 Å². The van der Waals surface area contributed by atoms with Gasteiger partial charge < -0.3 is 20.3 Å². The van der Waals surface area contributed by atoms with E-state index in [1.54, 1.807) is 6.07 Å². The second kappa shape index (κ2) is 9.84. The first-order valence-electron chi connectivity index (χ1n) is 11.4. The molecule has 2 N–H and O–H groups in total. The number of likely N-dealkylation sites (N-methyl/N-ethyl adjacent to an activating group) is 1. The molecule has 3 aromatic carbocycles. The highest BCUT2D eigenvalue weighted by atomic mass is 32.2. The smallest absolute Gasteiger partial charge is 0.407 e. The molecule has 0 unspecified atom stereocenters. The predicted octanol–water partition coefficient (Wildman–Crippen LogP) is 3.78. The Kier molecular flexibility index (Phi) is 6.46. The van der Waals surface area contributed by atoms with Gasteiger partial charge in [-0.2, -0.15) is 0 Å². The SMILES string of the molecule is CNC(=O)CN1C(=O)[C@H](NC(=O)OCC2c3ccccc3-c3ccccc32)CSc2ccccc21. The largest absolute Gasteiger partial charge is 0.449 e. The summed E-state index contributed by atoms with van der Waals surface area (Å²) >= 11 is 1.46. The zero-order valence-electron chi connectivity index (χ0n) is 19.2. The number of rotatable bonds is 5. The van der Waals surface area contributed by atoms with E-state index in [0.29, 0.717) is 11.4 Å². The van der Waals surface area contributed by atoms with E-state index in [2.05, 4.69) is 34.9 Å². The number of alkyl carbamates (subject to hydrolysis) is 1. The van der Waals surface area contributed by atoms with Crippen LogP contribution in [-0.4, -0.2) is 49.9 Å². The molecule has 0 saturated heterocycles. The fourth-order valence-electron chi connectivity index (χ4n) is 4.62. The van der Waals surface area contributed by atoms with Gasteiger partial charge >= 0.3 is 6.09 Å². The number of ether oxygens (including phenoxy) is 1. The molecule has 35 heavy (non-hydrogen) atoms. The number of hydrogen-bond acceptors (Lipinski definition) is 5. The molecule has 0 spiro atoms. The van der Waals surface area contributed by atoms with E-state index in [1.807, 2.05) is 42.5 Å².